The minimum absolute atomic E-state index is 0.670. The first-order valence-electron chi connectivity index (χ1n) is 6.79. The predicted octanol–water partition coefficient (Wildman–Crippen LogP) is 4.23. The van der Waals surface area contributed by atoms with Crippen LogP contribution in [-0.2, 0) is 17.6 Å². The van der Waals surface area contributed by atoms with Crippen LogP contribution < -0.4 is 0 Å². The smallest absolute Gasteiger partial charge is 0.119 e. The standard InChI is InChI=1S/C15H24O2/c1-3-4-6-9-14-12-13(2)15(17-14)10-7-5-8-11-16/h11-12H,3-10H2,1-2H3. The summed E-state index contributed by atoms with van der Waals surface area (Å²) in [4.78, 5) is 10.2. The maximum Gasteiger partial charge on any atom is 0.119 e. The Morgan fingerprint density at radius 2 is 1.94 bits per heavy atom. The number of unbranched alkanes of at least 4 members (excludes halogenated alkanes) is 4. The highest BCUT2D eigenvalue weighted by Gasteiger charge is 2.07. The van der Waals surface area contributed by atoms with Gasteiger partial charge in [-0.1, -0.05) is 19.8 Å². The second kappa shape index (κ2) is 8.10. The third kappa shape index (κ3) is 5.20. The molecule has 1 heterocycles. The molecule has 2 heteroatoms. The lowest BCUT2D eigenvalue weighted by Gasteiger charge is -1.98. The zero-order chi connectivity index (χ0) is 12.5. The Kier molecular flexibility index (Phi) is 6.68. The summed E-state index contributed by atoms with van der Waals surface area (Å²) >= 11 is 0. The Labute approximate surface area is 104 Å². The van der Waals surface area contributed by atoms with Crippen LogP contribution in [0.3, 0.4) is 0 Å². The molecule has 0 atom stereocenters. The molecule has 17 heavy (non-hydrogen) atoms. The molecule has 0 amide bonds. The van der Waals surface area contributed by atoms with Crippen molar-refractivity contribution in [2.75, 3.05) is 0 Å². The molecule has 0 N–H and O–H groups in total. The summed E-state index contributed by atoms with van der Waals surface area (Å²) in [5.41, 5.74) is 1.27. The molecule has 1 rings (SSSR count). The van der Waals surface area contributed by atoms with Crippen LogP contribution in [0.5, 0.6) is 0 Å². The summed E-state index contributed by atoms with van der Waals surface area (Å²) in [5.74, 6) is 2.24. The zero-order valence-electron chi connectivity index (χ0n) is 11.1. The molecule has 2 nitrogen and oxygen atoms in total. The monoisotopic (exact) mass is 236 g/mol. The van der Waals surface area contributed by atoms with Gasteiger partial charge < -0.3 is 9.21 Å². The van der Waals surface area contributed by atoms with E-state index in [1.165, 1.54) is 24.8 Å². The van der Waals surface area contributed by atoms with Crippen molar-refractivity contribution in [3.05, 3.63) is 23.2 Å². The van der Waals surface area contributed by atoms with E-state index >= 15 is 0 Å². The zero-order valence-corrected chi connectivity index (χ0v) is 11.1. The van der Waals surface area contributed by atoms with Gasteiger partial charge in [0.1, 0.15) is 17.8 Å². The van der Waals surface area contributed by atoms with Gasteiger partial charge in [0.05, 0.1) is 0 Å². The summed E-state index contributed by atoms with van der Waals surface area (Å²) in [6.07, 6.45) is 9.43. The van der Waals surface area contributed by atoms with E-state index in [1.54, 1.807) is 0 Å². The molecule has 1 aromatic rings. The lowest BCUT2D eigenvalue weighted by molar-refractivity contribution is -0.107. The summed E-state index contributed by atoms with van der Waals surface area (Å²) in [5, 5.41) is 0. The first kappa shape index (κ1) is 14.0. The van der Waals surface area contributed by atoms with Crippen molar-refractivity contribution in [2.45, 2.75) is 65.2 Å². The average molecular weight is 236 g/mol. The SMILES string of the molecule is CCCCCc1cc(C)c(CCCCC=O)o1. The van der Waals surface area contributed by atoms with Gasteiger partial charge in [-0.25, -0.2) is 0 Å². The lowest BCUT2D eigenvalue weighted by Crippen LogP contribution is -1.86. The molecule has 0 aromatic carbocycles. The second-order valence-corrected chi connectivity index (χ2v) is 4.69. The van der Waals surface area contributed by atoms with Gasteiger partial charge in [-0.15, -0.1) is 0 Å². The van der Waals surface area contributed by atoms with Crippen LogP contribution in [0.4, 0.5) is 0 Å². The van der Waals surface area contributed by atoms with E-state index in [-0.39, 0.29) is 0 Å². The highest BCUT2D eigenvalue weighted by molar-refractivity contribution is 5.48. The normalized spacial score (nSPS) is 10.7. The Bertz CT molecular complexity index is 326. The van der Waals surface area contributed by atoms with E-state index in [1.807, 2.05) is 0 Å². The van der Waals surface area contributed by atoms with Crippen LogP contribution in [0.25, 0.3) is 0 Å². The van der Waals surface area contributed by atoms with E-state index in [0.29, 0.717) is 6.42 Å². The summed E-state index contributed by atoms with van der Waals surface area (Å²) < 4.78 is 5.85. The molecular formula is C15H24O2. The average Bonchev–Trinajstić information content (AvgIpc) is 2.66. The van der Waals surface area contributed by atoms with Gasteiger partial charge in [-0.05, 0) is 37.8 Å². The largest absolute Gasteiger partial charge is 0.466 e. The van der Waals surface area contributed by atoms with Gasteiger partial charge in [0, 0.05) is 19.3 Å². The van der Waals surface area contributed by atoms with Gasteiger partial charge in [0.25, 0.3) is 0 Å². The van der Waals surface area contributed by atoms with Crippen molar-refractivity contribution in [2.24, 2.45) is 0 Å². The number of hydrogen-bond acceptors (Lipinski definition) is 2. The van der Waals surface area contributed by atoms with Crippen LogP contribution in [-0.4, -0.2) is 6.29 Å². The third-order valence-corrected chi connectivity index (χ3v) is 3.07. The fraction of sp³-hybridized carbons (Fsp3) is 0.667. The van der Waals surface area contributed by atoms with Gasteiger partial charge in [0.2, 0.25) is 0 Å². The number of furan rings is 1. The summed E-state index contributed by atoms with van der Waals surface area (Å²) in [7, 11) is 0. The Balaban J connectivity index is 2.36. The first-order chi connectivity index (χ1) is 8.27. The summed E-state index contributed by atoms with van der Waals surface area (Å²) in [6, 6.07) is 2.17. The molecule has 0 bridgehead atoms. The first-order valence-corrected chi connectivity index (χ1v) is 6.79. The Morgan fingerprint density at radius 1 is 1.18 bits per heavy atom. The molecule has 0 radical (unpaired) electrons. The van der Waals surface area contributed by atoms with Crippen LogP contribution in [0, 0.1) is 6.92 Å². The molecule has 96 valence electrons. The van der Waals surface area contributed by atoms with E-state index in [0.717, 1.165) is 43.5 Å². The van der Waals surface area contributed by atoms with Gasteiger partial charge in [0.15, 0.2) is 0 Å². The Morgan fingerprint density at radius 3 is 2.65 bits per heavy atom. The Hall–Kier alpha value is -1.05. The third-order valence-electron chi connectivity index (χ3n) is 3.07. The molecule has 1 aromatic heterocycles. The van der Waals surface area contributed by atoms with Crippen molar-refractivity contribution in [1.82, 2.24) is 0 Å². The topological polar surface area (TPSA) is 30.2 Å². The maximum absolute atomic E-state index is 10.2. The van der Waals surface area contributed by atoms with Crippen LogP contribution >= 0.6 is 0 Å². The molecule has 0 aliphatic rings. The van der Waals surface area contributed by atoms with Crippen molar-refractivity contribution in [3.63, 3.8) is 0 Å². The molecule has 0 fully saturated rings. The fourth-order valence-electron chi connectivity index (χ4n) is 2.02. The van der Waals surface area contributed by atoms with Gasteiger partial charge in [-0.2, -0.15) is 0 Å². The van der Waals surface area contributed by atoms with Crippen molar-refractivity contribution >= 4 is 6.29 Å². The van der Waals surface area contributed by atoms with E-state index < -0.39 is 0 Å². The number of carbonyl (C=O) groups excluding carboxylic acids is 1. The minimum atomic E-state index is 0.670. The lowest BCUT2D eigenvalue weighted by atomic mass is 10.1. The molecule has 0 saturated carbocycles. The van der Waals surface area contributed by atoms with E-state index in [4.69, 9.17) is 4.42 Å². The van der Waals surface area contributed by atoms with Crippen LogP contribution in [0.15, 0.2) is 10.5 Å². The van der Waals surface area contributed by atoms with Crippen LogP contribution in [0.2, 0.25) is 0 Å². The number of hydrogen-bond donors (Lipinski definition) is 0. The quantitative estimate of drug-likeness (QED) is 0.474. The molecular weight excluding hydrogens is 212 g/mol. The van der Waals surface area contributed by atoms with Gasteiger partial charge in [-0.3, -0.25) is 0 Å². The predicted molar refractivity (Wildman–Crippen MR) is 70.3 cm³/mol. The highest BCUT2D eigenvalue weighted by Crippen LogP contribution is 2.19. The van der Waals surface area contributed by atoms with Crippen molar-refractivity contribution < 1.29 is 9.21 Å². The van der Waals surface area contributed by atoms with E-state index in [2.05, 4.69) is 19.9 Å². The fourth-order valence-corrected chi connectivity index (χ4v) is 2.02. The molecule has 0 aliphatic carbocycles. The summed E-state index contributed by atoms with van der Waals surface area (Å²) in [6.45, 7) is 4.33. The molecule has 0 aliphatic heterocycles. The molecule has 0 unspecified atom stereocenters. The maximum atomic E-state index is 10.2. The highest BCUT2D eigenvalue weighted by atomic mass is 16.3. The molecule has 0 spiro atoms. The number of aryl methyl sites for hydroxylation is 3. The number of aldehydes is 1. The van der Waals surface area contributed by atoms with Crippen molar-refractivity contribution in [1.29, 1.82) is 0 Å². The van der Waals surface area contributed by atoms with E-state index in [9.17, 15) is 4.79 Å². The number of carbonyl (C=O) groups is 1. The van der Waals surface area contributed by atoms with Crippen molar-refractivity contribution in [3.8, 4) is 0 Å². The van der Waals surface area contributed by atoms with Gasteiger partial charge >= 0.3 is 0 Å². The van der Waals surface area contributed by atoms with Crippen LogP contribution in [0.1, 0.15) is 62.5 Å². The second-order valence-electron chi connectivity index (χ2n) is 4.69. The minimum Gasteiger partial charge on any atom is -0.466 e. The number of rotatable bonds is 9. The molecule has 0 saturated heterocycles.